The van der Waals surface area contributed by atoms with Gasteiger partial charge in [0.1, 0.15) is 11.6 Å². The largest absolute Gasteiger partial charge is 0.402 e. The number of hydrogen-bond acceptors (Lipinski definition) is 4. The lowest BCUT2D eigenvalue weighted by Crippen LogP contribution is -2.07. The molecule has 7 heteroatoms. The summed E-state index contributed by atoms with van der Waals surface area (Å²) < 4.78 is 33.0. The predicted molar refractivity (Wildman–Crippen MR) is 70.2 cm³/mol. The molecule has 0 saturated carbocycles. The van der Waals surface area contributed by atoms with Crippen LogP contribution in [0.5, 0.6) is 0 Å². The molecule has 2 heterocycles. The van der Waals surface area contributed by atoms with E-state index in [1.807, 2.05) is 0 Å². The van der Waals surface area contributed by atoms with Crippen LogP contribution in [0.1, 0.15) is 11.1 Å². The topological polar surface area (TPSA) is 56.5 Å². The van der Waals surface area contributed by atoms with Gasteiger partial charge in [0.15, 0.2) is 5.70 Å². The van der Waals surface area contributed by atoms with Gasteiger partial charge in [0.2, 0.25) is 5.90 Å². The van der Waals surface area contributed by atoms with E-state index < -0.39 is 17.6 Å². The predicted octanol–water partition coefficient (Wildman–Crippen LogP) is 2.04. The van der Waals surface area contributed by atoms with Crippen molar-refractivity contribution >= 4 is 17.9 Å². The standard InChI is InChI=1S/C14H9F2N3O2/c1-19-7-8(6-17-19)4-12-14(20)21-13(18-12)10-3-2-9(15)5-11(10)16/h2-7H,1H3/b12-4-. The molecule has 21 heavy (non-hydrogen) atoms. The zero-order valence-corrected chi connectivity index (χ0v) is 10.9. The summed E-state index contributed by atoms with van der Waals surface area (Å²) in [6.07, 6.45) is 4.71. The number of carbonyl (C=O) groups is 1. The number of cyclic esters (lactones) is 1. The Morgan fingerprint density at radius 2 is 2.14 bits per heavy atom. The van der Waals surface area contributed by atoms with E-state index in [0.29, 0.717) is 11.6 Å². The molecule has 2 aromatic rings. The van der Waals surface area contributed by atoms with Gasteiger partial charge >= 0.3 is 5.97 Å². The number of hydrogen-bond donors (Lipinski definition) is 0. The molecule has 0 unspecified atom stereocenters. The highest BCUT2D eigenvalue weighted by atomic mass is 19.1. The van der Waals surface area contributed by atoms with Crippen LogP contribution in [0, 0.1) is 11.6 Å². The lowest BCUT2D eigenvalue weighted by molar-refractivity contribution is -0.129. The Morgan fingerprint density at radius 1 is 1.33 bits per heavy atom. The third-order valence-electron chi connectivity index (χ3n) is 2.81. The Kier molecular flexibility index (Phi) is 3.09. The first-order chi connectivity index (χ1) is 10.0. The number of benzene rings is 1. The van der Waals surface area contributed by atoms with E-state index in [1.165, 1.54) is 12.1 Å². The van der Waals surface area contributed by atoms with Crippen LogP contribution < -0.4 is 0 Å². The minimum absolute atomic E-state index is 0.0294. The van der Waals surface area contributed by atoms with E-state index in [9.17, 15) is 13.6 Å². The van der Waals surface area contributed by atoms with Gasteiger partial charge < -0.3 is 4.74 Å². The number of aryl methyl sites for hydroxylation is 1. The van der Waals surface area contributed by atoms with Crippen LogP contribution >= 0.6 is 0 Å². The number of aliphatic imine (C=N–C) groups is 1. The number of nitrogens with zero attached hydrogens (tertiary/aromatic N) is 3. The highest BCUT2D eigenvalue weighted by Crippen LogP contribution is 2.20. The summed E-state index contributed by atoms with van der Waals surface area (Å²) in [6.45, 7) is 0. The van der Waals surface area contributed by atoms with Gasteiger partial charge in [0.05, 0.1) is 11.8 Å². The molecule has 0 fully saturated rings. The normalized spacial score (nSPS) is 16.2. The van der Waals surface area contributed by atoms with E-state index >= 15 is 0 Å². The fraction of sp³-hybridized carbons (Fsp3) is 0.0714. The Hall–Kier alpha value is -2.83. The van der Waals surface area contributed by atoms with Gasteiger partial charge in [-0.3, -0.25) is 4.68 Å². The Morgan fingerprint density at radius 3 is 2.81 bits per heavy atom. The summed E-state index contributed by atoms with van der Waals surface area (Å²) >= 11 is 0. The molecule has 0 amide bonds. The quantitative estimate of drug-likeness (QED) is 0.628. The van der Waals surface area contributed by atoms with Crippen molar-refractivity contribution in [2.75, 3.05) is 0 Å². The van der Waals surface area contributed by atoms with Crippen LogP contribution in [0.4, 0.5) is 8.78 Å². The summed E-state index contributed by atoms with van der Waals surface area (Å²) in [4.78, 5) is 15.7. The second-order valence-electron chi connectivity index (χ2n) is 4.41. The van der Waals surface area contributed by atoms with Crippen LogP contribution in [0.3, 0.4) is 0 Å². The van der Waals surface area contributed by atoms with Crippen molar-refractivity contribution in [3.63, 3.8) is 0 Å². The molecule has 1 aliphatic heterocycles. The summed E-state index contributed by atoms with van der Waals surface area (Å²) in [7, 11) is 1.73. The maximum atomic E-state index is 13.6. The molecule has 1 aromatic heterocycles. The minimum atomic E-state index is -0.843. The van der Waals surface area contributed by atoms with Crippen molar-refractivity contribution in [1.29, 1.82) is 0 Å². The van der Waals surface area contributed by atoms with Gasteiger partial charge in [-0.05, 0) is 18.2 Å². The van der Waals surface area contributed by atoms with Crippen molar-refractivity contribution in [2.24, 2.45) is 12.0 Å². The van der Waals surface area contributed by atoms with Gasteiger partial charge in [-0.15, -0.1) is 0 Å². The smallest absolute Gasteiger partial charge is 0.363 e. The third-order valence-corrected chi connectivity index (χ3v) is 2.81. The van der Waals surface area contributed by atoms with E-state index in [-0.39, 0.29) is 17.2 Å². The third kappa shape index (κ3) is 2.58. The van der Waals surface area contributed by atoms with E-state index in [2.05, 4.69) is 10.1 Å². The highest BCUT2D eigenvalue weighted by Gasteiger charge is 2.26. The Balaban J connectivity index is 1.97. The molecular weight excluding hydrogens is 280 g/mol. The van der Waals surface area contributed by atoms with Gasteiger partial charge in [0, 0.05) is 24.9 Å². The molecule has 1 aliphatic rings. The summed E-state index contributed by atoms with van der Waals surface area (Å²) in [5.41, 5.74) is 0.620. The highest BCUT2D eigenvalue weighted by molar-refractivity contribution is 6.12. The molecule has 5 nitrogen and oxygen atoms in total. The molecule has 0 N–H and O–H groups in total. The lowest BCUT2D eigenvalue weighted by Gasteiger charge is -2.00. The first-order valence-electron chi connectivity index (χ1n) is 5.99. The number of halogens is 2. The number of rotatable bonds is 2. The van der Waals surface area contributed by atoms with Crippen molar-refractivity contribution in [3.05, 3.63) is 59.1 Å². The molecule has 0 bridgehead atoms. The van der Waals surface area contributed by atoms with Gasteiger partial charge in [0.25, 0.3) is 0 Å². The molecule has 3 rings (SSSR count). The molecular formula is C14H9F2N3O2. The van der Waals surface area contributed by atoms with Crippen LogP contribution in [0.15, 0.2) is 41.3 Å². The first-order valence-corrected chi connectivity index (χ1v) is 5.99. The number of aromatic nitrogens is 2. The molecule has 0 aliphatic carbocycles. The molecule has 106 valence electrons. The van der Waals surface area contributed by atoms with Crippen LogP contribution in [0.25, 0.3) is 6.08 Å². The molecule has 0 spiro atoms. The van der Waals surface area contributed by atoms with E-state index in [0.717, 1.165) is 6.07 Å². The molecule has 0 radical (unpaired) electrons. The van der Waals surface area contributed by atoms with Crippen molar-refractivity contribution in [2.45, 2.75) is 0 Å². The zero-order chi connectivity index (χ0) is 15.0. The van der Waals surface area contributed by atoms with Gasteiger partial charge in [-0.25, -0.2) is 18.6 Å². The maximum Gasteiger partial charge on any atom is 0.363 e. The fourth-order valence-corrected chi connectivity index (χ4v) is 1.86. The SMILES string of the molecule is Cn1cc(/C=C2\N=C(c3ccc(F)cc3F)OC2=O)cn1. The van der Waals surface area contributed by atoms with Gasteiger partial charge in [-0.1, -0.05) is 0 Å². The average Bonchev–Trinajstić information content (AvgIpc) is 2.97. The first kappa shape index (κ1) is 13.2. The zero-order valence-electron chi connectivity index (χ0n) is 10.9. The number of ether oxygens (including phenoxy) is 1. The van der Waals surface area contributed by atoms with Gasteiger partial charge in [-0.2, -0.15) is 5.10 Å². The summed E-state index contributed by atoms with van der Waals surface area (Å²) in [5, 5.41) is 3.95. The van der Waals surface area contributed by atoms with Crippen LogP contribution in [0.2, 0.25) is 0 Å². The summed E-state index contributed by atoms with van der Waals surface area (Å²) in [5.74, 6) is -2.44. The van der Waals surface area contributed by atoms with Crippen molar-refractivity contribution < 1.29 is 18.3 Å². The maximum absolute atomic E-state index is 13.6. The van der Waals surface area contributed by atoms with E-state index in [4.69, 9.17) is 4.74 Å². The Bertz CT molecular complexity index is 793. The second kappa shape index (κ2) is 4.93. The number of carbonyl (C=O) groups excluding carboxylic acids is 1. The van der Waals surface area contributed by atoms with Crippen molar-refractivity contribution in [1.82, 2.24) is 9.78 Å². The summed E-state index contributed by atoms with van der Waals surface area (Å²) in [6, 6.07) is 2.94. The molecule has 0 atom stereocenters. The molecule has 1 aromatic carbocycles. The second-order valence-corrected chi connectivity index (χ2v) is 4.41. The average molecular weight is 289 g/mol. The Labute approximate surface area is 118 Å². The van der Waals surface area contributed by atoms with E-state index in [1.54, 1.807) is 24.1 Å². The van der Waals surface area contributed by atoms with Crippen molar-refractivity contribution in [3.8, 4) is 0 Å². The number of esters is 1. The monoisotopic (exact) mass is 289 g/mol. The fourth-order valence-electron chi connectivity index (χ4n) is 1.86. The van der Waals surface area contributed by atoms with Crippen LogP contribution in [-0.2, 0) is 16.6 Å². The molecule has 0 saturated heterocycles. The van der Waals surface area contributed by atoms with Crippen LogP contribution in [-0.4, -0.2) is 21.6 Å². The lowest BCUT2D eigenvalue weighted by atomic mass is 10.2. The minimum Gasteiger partial charge on any atom is -0.402 e.